The van der Waals surface area contributed by atoms with Gasteiger partial charge in [-0.3, -0.25) is 10.2 Å². The second-order valence-corrected chi connectivity index (χ2v) is 5.30. The Labute approximate surface area is 131 Å². The van der Waals surface area contributed by atoms with Crippen molar-refractivity contribution in [3.05, 3.63) is 64.1 Å². The molecule has 0 radical (unpaired) electrons. The van der Waals surface area contributed by atoms with Crippen molar-refractivity contribution in [2.24, 2.45) is 5.10 Å². The first-order valence-corrected chi connectivity index (χ1v) is 7.00. The summed E-state index contributed by atoms with van der Waals surface area (Å²) in [5.41, 5.74) is 4.80. The number of ketones is 1. The van der Waals surface area contributed by atoms with Crippen molar-refractivity contribution in [3.8, 4) is 6.07 Å². The Balaban J connectivity index is 2.17. The first-order valence-electron chi connectivity index (χ1n) is 6.21. The van der Waals surface area contributed by atoms with E-state index in [9.17, 15) is 4.79 Å². The highest BCUT2D eigenvalue weighted by Gasteiger charge is 2.13. The topological polar surface area (TPSA) is 65.2 Å². The van der Waals surface area contributed by atoms with E-state index in [0.29, 0.717) is 5.56 Å². The standard InChI is InChI=1S/C16H12BrN3O/c1-11-2-8-14(9-3-11)19-20-15(10-18)16(21)12-4-6-13(17)7-5-12/h2-9,19H,1H3/b20-15+. The van der Waals surface area contributed by atoms with E-state index in [1.807, 2.05) is 37.3 Å². The van der Waals surface area contributed by atoms with Gasteiger partial charge in [-0.05, 0) is 43.3 Å². The van der Waals surface area contributed by atoms with Crippen molar-refractivity contribution >= 4 is 33.1 Å². The minimum Gasteiger partial charge on any atom is -0.286 e. The van der Waals surface area contributed by atoms with Crippen molar-refractivity contribution in [2.45, 2.75) is 6.92 Å². The zero-order valence-corrected chi connectivity index (χ0v) is 12.9. The van der Waals surface area contributed by atoms with Crippen LogP contribution in [-0.4, -0.2) is 11.5 Å². The number of nitrogens with one attached hydrogen (secondary N) is 1. The normalized spacial score (nSPS) is 10.8. The molecule has 2 aromatic rings. The van der Waals surface area contributed by atoms with Gasteiger partial charge >= 0.3 is 0 Å². The summed E-state index contributed by atoms with van der Waals surface area (Å²) in [6.07, 6.45) is 0. The Morgan fingerprint density at radius 3 is 2.33 bits per heavy atom. The maximum Gasteiger partial charge on any atom is 0.223 e. The fourth-order valence-corrected chi connectivity index (χ4v) is 1.88. The molecule has 0 aromatic heterocycles. The number of halogens is 1. The number of benzene rings is 2. The van der Waals surface area contributed by atoms with E-state index in [-0.39, 0.29) is 5.71 Å². The van der Waals surface area contributed by atoms with Crippen LogP contribution in [0.5, 0.6) is 0 Å². The molecule has 0 fully saturated rings. The van der Waals surface area contributed by atoms with Gasteiger partial charge in [0.15, 0.2) is 0 Å². The van der Waals surface area contributed by atoms with Crippen molar-refractivity contribution < 1.29 is 4.79 Å². The summed E-state index contributed by atoms with van der Waals surface area (Å²) < 4.78 is 0.868. The number of nitrogens with zero attached hydrogens (tertiary/aromatic N) is 2. The van der Waals surface area contributed by atoms with E-state index in [1.54, 1.807) is 24.3 Å². The second kappa shape index (κ2) is 6.82. The number of rotatable bonds is 4. The smallest absolute Gasteiger partial charge is 0.223 e. The molecule has 0 atom stereocenters. The molecular weight excluding hydrogens is 330 g/mol. The summed E-state index contributed by atoms with van der Waals surface area (Å²) in [7, 11) is 0. The van der Waals surface area contributed by atoms with Crippen LogP contribution in [0.3, 0.4) is 0 Å². The van der Waals surface area contributed by atoms with E-state index < -0.39 is 5.78 Å². The molecule has 104 valence electrons. The van der Waals surface area contributed by atoms with Crippen LogP contribution in [0.25, 0.3) is 0 Å². The highest BCUT2D eigenvalue weighted by atomic mass is 79.9. The van der Waals surface area contributed by atoms with Gasteiger partial charge in [0, 0.05) is 10.0 Å². The van der Waals surface area contributed by atoms with E-state index in [4.69, 9.17) is 5.26 Å². The van der Waals surface area contributed by atoms with Gasteiger partial charge in [0.1, 0.15) is 6.07 Å². The number of carbonyl (C=O) groups is 1. The Bertz CT molecular complexity index is 713. The number of carbonyl (C=O) groups excluding carboxylic acids is 1. The van der Waals surface area contributed by atoms with Gasteiger partial charge in [-0.2, -0.15) is 10.4 Å². The lowest BCUT2D eigenvalue weighted by molar-refractivity contribution is 0.106. The van der Waals surface area contributed by atoms with Crippen LogP contribution < -0.4 is 5.43 Å². The SMILES string of the molecule is Cc1ccc(N/N=C(\C#N)C(=O)c2ccc(Br)cc2)cc1. The fourth-order valence-electron chi connectivity index (χ4n) is 1.61. The highest BCUT2D eigenvalue weighted by molar-refractivity contribution is 9.10. The summed E-state index contributed by atoms with van der Waals surface area (Å²) in [4.78, 5) is 12.2. The molecule has 0 aliphatic heterocycles. The maximum absolute atomic E-state index is 12.2. The zero-order chi connectivity index (χ0) is 15.2. The molecule has 0 aliphatic rings. The molecule has 0 unspecified atom stereocenters. The summed E-state index contributed by atoms with van der Waals surface area (Å²) in [6, 6.07) is 16.1. The third kappa shape index (κ3) is 4.01. The Hall–Kier alpha value is -2.45. The molecule has 0 saturated heterocycles. The van der Waals surface area contributed by atoms with Gasteiger partial charge in [-0.25, -0.2) is 0 Å². The molecule has 0 amide bonds. The predicted octanol–water partition coefficient (Wildman–Crippen LogP) is 3.93. The number of hydrogen-bond donors (Lipinski definition) is 1. The van der Waals surface area contributed by atoms with Gasteiger partial charge in [0.25, 0.3) is 0 Å². The summed E-state index contributed by atoms with van der Waals surface area (Å²) in [6.45, 7) is 1.98. The lowest BCUT2D eigenvalue weighted by Gasteiger charge is -2.02. The second-order valence-electron chi connectivity index (χ2n) is 4.39. The first-order chi connectivity index (χ1) is 10.1. The third-order valence-electron chi connectivity index (χ3n) is 2.78. The maximum atomic E-state index is 12.2. The monoisotopic (exact) mass is 341 g/mol. The number of Topliss-reactive ketones (excluding diaryl/α,β-unsaturated/α-hetero) is 1. The number of anilines is 1. The van der Waals surface area contributed by atoms with Crippen LogP contribution in [0.15, 0.2) is 58.1 Å². The van der Waals surface area contributed by atoms with Gasteiger partial charge in [-0.15, -0.1) is 0 Å². The summed E-state index contributed by atoms with van der Waals surface area (Å²) in [5, 5.41) is 13.0. The van der Waals surface area contributed by atoms with E-state index >= 15 is 0 Å². The summed E-state index contributed by atoms with van der Waals surface area (Å²) >= 11 is 3.30. The lowest BCUT2D eigenvalue weighted by Crippen LogP contribution is -2.14. The molecule has 0 aliphatic carbocycles. The molecule has 4 nitrogen and oxygen atoms in total. The van der Waals surface area contributed by atoms with Crippen molar-refractivity contribution in [1.82, 2.24) is 0 Å². The molecular formula is C16H12BrN3O. The van der Waals surface area contributed by atoms with E-state index in [2.05, 4.69) is 26.5 Å². The van der Waals surface area contributed by atoms with Crippen LogP contribution in [-0.2, 0) is 0 Å². The van der Waals surface area contributed by atoms with E-state index in [1.165, 1.54) is 0 Å². The molecule has 0 saturated carbocycles. The molecule has 0 bridgehead atoms. The molecule has 0 spiro atoms. The minimum absolute atomic E-state index is 0.183. The van der Waals surface area contributed by atoms with Crippen LogP contribution in [0.2, 0.25) is 0 Å². The number of hydrogen-bond acceptors (Lipinski definition) is 4. The third-order valence-corrected chi connectivity index (χ3v) is 3.30. The van der Waals surface area contributed by atoms with E-state index in [0.717, 1.165) is 15.7 Å². The Morgan fingerprint density at radius 2 is 1.76 bits per heavy atom. The molecule has 5 heteroatoms. The molecule has 2 aromatic carbocycles. The average Bonchev–Trinajstić information content (AvgIpc) is 2.50. The van der Waals surface area contributed by atoms with Crippen LogP contribution >= 0.6 is 15.9 Å². The van der Waals surface area contributed by atoms with Crippen molar-refractivity contribution in [3.63, 3.8) is 0 Å². The van der Waals surface area contributed by atoms with Crippen LogP contribution in [0.1, 0.15) is 15.9 Å². The van der Waals surface area contributed by atoms with Crippen LogP contribution in [0, 0.1) is 18.3 Å². The zero-order valence-electron chi connectivity index (χ0n) is 11.3. The largest absolute Gasteiger partial charge is 0.286 e. The van der Waals surface area contributed by atoms with Crippen molar-refractivity contribution in [1.29, 1.82) is 5.26 Å². The quantitative estimate of drug-likeness (QED) is 0.520. The van der Waals surface area contributed by atoms with Crippen LogP contribution in [0.4, 0.5) is 5.69 Å². The number of aryl methyl sites for hydroxylation is 1. The van der Waals surface area contributed by atoms with Gasteiger partial charge in [0.2, 0.25) is 11.5 Å². The predicted molar refractivity (Wildman–Crippen MR) is 86.3 cm³/mol. The number of hydrazone groups is 1. The lowest BCUT2D eigenvalue weighted by atomic mass is 10.1. The molecule has 1 N–H and O–H groups in total. The Kier molecular flexibility index (Phi) is 4.85. The molecule has 21 heavy (non-hydrogen) atoms. The first kappa shape index (κ1) is 14.9. The Morgan fingerprint density at radius 1 is 1.14 bits per heavy atom. The van der Waals surface area contributed by atoms with Gasteiger partial charge < -0.3 is 0 Å². The van der Waals surface area contributed by atoms with Crippen molar-refractivity contribution in [2.75, 3.05) is 5.43 Å². The average molecular weight is 342 g/mol. The number of nitriles is 1. The van der Waals surface area contributed by atoms with Gasteiger partial charge in [0.05, 0.1) is 5.69 Å². The molecule has 0 heterocycles. The summed E-state index contributed by atoms with van der Waals surface area (Å²) in [5.74, 6) is -0.412. The highest BCUT2D eigenvalue weighted by Crippen LogP contribution is 2.12. The minimum atomic E-state index is -0.412. The fraction of sp³-hybridized carbons (Fsp3) is 0.0625. The molecule has 2 rings (SSSR count). The van der Waals surface area contributed by atoms with Gasteiger partial charge in [-0.1, -0.05) is 33.6 Å².